The average molecular weight is 672 g/mol. The summed E-state index contributed by atoms with van der Waals surface area (Å²) in [5.41, 5.74) is 1.35. The Labute approximate surface area is 274 Å². The molecule has 0 aromatic heterocycles. The van der Waals surface area contributed by atoms with Gasteiger partial charge in [0.05, 0.1) is 33.1 Å². The summed E-state index contributed by atoms with van der Waals surface area (Å²) < 4.78 is 34.0. The smallest absolute Gasteiger partial charge is 0.279 e. The Morgan fingerprint density at radius 3 is 0.936 bits per heavy atom. The molecule has 13 nitrogen and oxygen atoms in total. The van der Waals surface area contributed by atoms with Crippen LogP contribution in [0.4, 0.5) is 17.1 Å². The number of phosphoric acid groups is 1. The summed E-state index contributed by atoms with van der Waals surface area (Å²) in [6, 6.07) is 17.4. The lowest BCUT2D eigenvalue weighted by atomic mass is 10.0. The van der Waals surface area contributed by atoms with E-state index < -0.39 is 40.9 Å². The minimum Gasteiger partial charge on any atom is -0.279 e. The molecular weight excluding hydrogens is 629 g/mol. The van der Waals surface area contributed by atoms with Gasteiger partial charge >= 0.3 is 7.82 Å². The number of phosphoric ester groups is 1. The molecule has 0 spiro atoms. The standard InChI is InChI=1S/C33H42N3O10P/c1-4-7-10-31(25-13-19-28(20-14-25)34(37)38)44-47(43,45-32(11-8-5-2)26-15-21-29(22-16-26)35(39)40)46-33(12-9-6-3)27-17-23-30(24-18-27)36(41)42/h13-24,31-33H,4-12H2,1-3H3. The maximum absolute atomic E-state index is 15.0. The van der Waals surface area contributed by atoms with Crippen molar-refractivity contribution in [2.24, 2.45) is 0 Å². The molecule has 0 radical (unpaired) electrons. The van der Waals surface area contributed by atoms with Crippen molar-refractivity contribution in [1.82, 2.24) is 0 Å². The van der Waals surface area contributed by atoms with Gasteiger partial charge in [-0.05, 0) is 72.4 Å². The third-order valence-corrected chi connectivity index (χ3v) is 9.19. The fourth-order valence-corrected chi connectivity index (χ4v) is 6.75. The van der Waals surface area contributed by atoms with Gasteiger partial charge in [0.25, 0.3) is 17.1 Å². The summed E-state index contributed by atoms with van der Waals surface area (Å²) in [4.78, 5) is 32.4. The topological polar surface area (TPSA) is 174 Å². The number of benzene rings is 3. The molecule has 47 heavy (non-hydrogen) atoms. The van der Waals surface area contributed by atoms with Crippen molar-refractivity contribution in [3.05, 3.63) is 120 Å². The molecule has 3 unspecified atom stereocenters. The highest BCUT2D eigenvalue weighted by Crippen LogP contribution is 2.60. The SMILES string of the molecule is CCCCC(OP(=O)(OC(CCCC)c1ccc([N+](=O)[O-])cc1)OC(CCCC)c1ccc([N+](=O)[O-])cc1)c1ccc([N+](=O)[O-])cc1. The van der Waals surface area contributed by atoms with E-state index in [-0.39, 0.29) is 17.1 Å². The van der Waals surface area contributed by atoms with Gasteiger partial charge in [0.1, 0.15) is 0 Å². The monoisotopic (exact) mass is 671 g/mol. The predicted octanol–water partition coefficient (Wildman–Crippen LogP) is 10.7. The molecule has 0 bridgehead atoms. The maximum Gasteiger partial charge on any atom is 0.476 e. The van der Waals surface area contributed by atoms with Crippen molar-refractivity contribution in [3.8, 4) is 0 Å². The number of nitro benzene ring substituents is 3. The second kappa shape index (κ2) is 18.3. The number of unbranched alkanes of at least 4 members (excludes halogenated alkanes) is 3. The first kappa shape index (κ1) is 37.4. The van der Waals surface area contributed by atoms with Gasteiger partial charge in [0.15, 0.2) is 0 Å². The van der Waals surface area contributed by atoms with Gasteiger partial charge in [-0.25, -0.2) is 4.57 Å². The van der Waals surface area contributed by atoms with Crippen molar-refractivity contribution in [3.63, 3.8) is 0 Å². The van der Waals surface area contributed by atoms with E-state index in [1.165, 1.54) is 36.4 Å². The van der Waals surface area contributed by atoms with Crippen LogP contribution in [0.2, 0.25) is 0 Å². The van der Waals surface area contributed by atoms with Crippen LogP contribution in [0.15, 0.2) is 72.8 Å². The first-order valence-electron chi connectivity index (χ1n) is 15.9. The van der Waals surface area contributed by atoms with Crippen LogP contribution in [-0.4, -0.2) is 14.8 Å². The van der Waals surface area contributed by atoms with E-state index in [4.69, 9.17) is 13.6 Å². The number of rotatable bonds is 21. The Balaban J connectivity index is 2.09. The zero-order valence-electron chi connectivity index (χ0n) is 26.9. The molecule has 0 fully saturated rings. The largest absolute Gasteiger partial charge is 0.476 e. The van der Waals surface area contributed by atoms with Gasteiger partial charge in [-0.1, -0.05) is 59.3 Å². The molecule has 0 aliphatic carbocycles. The fourth-order valence-electron chi connectivity index (χ4n) is 4.98. The third-order valence-electron chi connectivity index (χ3n) is 7.66. The fraction of sp³-hybridized carbons (Fsp3) is 0.455. The number of hydrogen-bond acceptors (Lipinski definition) is 10. The molecule has 3 aromatic carbocycles. The second-order valence-corrected chi connectivity index (χ2v) is 12.7. The Bertz CT molecular complexity index is 1320. The van der Waals surface area contributed by atoms with E-state index in [0.29, 0.717) is 55.2 Å². The van der Waals surface area contributed by atoms with Gasteiger partial charge in [-0.2, -0.15) is 0 Å². The van der Waals surface area contributed by atoms with E-state index >= 15 is 0 Å². The van der Waals surface area contributed by atoms with Gasteiger partial charge < -0.3 is 0 Å². The zero-order chi connectivity index (χ0) is 34.4. The molecule has 254 valence electrons. The lowest BCUT2D eigenvalue weighted by Gasteiger charge is -2.31. The third kappa shape index (κ3) is 11.3. The van der Waals surface area contributed by atoms with Crippen molar-refractivity contribution < 1.29 is 32.9 Å². The van der Waals surface area contributed by atoms with Crippen LogP contribution >= 0.6 is 7.82 Å². The highest BCUT2D eigenvalue weighted by Gasteiger charge is 2.38. The minimum absolute atomic E-state index is 0.103. The first-order valence-corrected chi connectivity index (χ1v) is 17.3. The quantitative estimate of drug-likeness (QED) is 0.0601. The summed E-state index contributed by atoms with van der Waals surface area (Å²) in [5.74, 6) is 0. The Hall–Kier alpha value is -4.03. The van der Waals surface area contributed by atoms with Crippen molar-refractivity contribution >= 4 is 24.9 Å². The summed E-state index contributed by atoms with van der Waals surface area (Å²) in [7, 11) is -4.50. The summed E-state index contributed by atoms with van der Waals surface area (Å²) >= 11 is 0. The molecule has 0 heterocycles. The van der Waals surface area contributed by atoms with Crippen molar-refractivity contribution in [1.29, 1.82) is 0 Å². The number of hydrogen-bond donors (Lipinski definition) is 0. The molecule has 0 aliphatic heterocycles. The molecule has 0 N–H and O–H groups in total. The Morgan fingerprint density at radius 2 is 0.745 bits per heavy atom. The molecule has 0 aliphatic rings. The first-order chi connectivity index (χ1) is 22.5. The van der Waals surface area contributed by atoms with Gasteiger partial charge in [0.2, 0.25) is 0 Å². The number of nitro groups is 3. The maximum atomic E-state index is 15.0. The van der Waals surface area contributed by atoms with Crippen LogP contribution in [-0.2, 0) is 18.1 Å². The van der Waals surface area contributed by atoms with E-state index in [9.17, 15) is 34.9 Å². The lowest BCUT2D eigenvalue weighted by molar-refractivity contribution is -0.385. The van der Waals surface area contributed by atoms with E-state index in [1.54, 1.807) is 36.4 Å². The summed E-state index contributed by atoms with van der Waals surface area (Å²) in [6.45, 7) is 5.97. The summed E-state index contributed by atoms with van der Waals surface area (Å²) in [5, 5.41) is 33.9. The zero-order valence-corrected chi connectivity index (χ0v) is 27.8. The van der Waals surface area contributed by atoms with E-state index in [1.807, 2.05) is 20.8 Å². The van der Waals surface area contributed by atoms with Crippen molar-refractivity contribution in [2.45, 2.75) is 96.9 Å². The predicted molar refractivity (Wildman–Crippen MR) is 177 cm³/mol. The van der Waals surface area contributed by atoms with Crippen LogP contribution in [0.25, 0.3) is 0 Å². The Kier molecular flexibility index (Phi) is 14.6. The van der Waals surface area contributed by atoms with Gasteiger partial charge in [-0.3, -0.25) is 43.9 Å². The highest BCUT2D eigenvalue weighted by molar-refractivity contribution is 7.48. The van der Waals surface area contributed by atoms with Gasteiger partial charge in [-0.15, -0.1) is 0 Å². The normalized spacial score (nSPS) is 14.5. The Morgan fingerprint density at radius 1 is 0.511 bits per heavy atom. The molecule has 0 saturated carbocycles. The van der Waals surface area contributed by atoms with E-state index in [2.05, 4.69) is 0 Å². The minimum atomic E-state index is -4.50. The van der Waals surface area contributed by atoms with Crippen LogP contribution in [0, 0.1) is 30.3 Å². The average Bonchev–Trinajstić information content (AvgIpc) is 3.07. The van der Waals surface area contributed by atoms with Crippen LogP contribution < -0.4 is 0 Å². The molecular formula is C33H42N3O10P. The second-order valence-electron chi connectivity index (χ2n) is 11.2. The molecule has 3 atom stereocenters. The molecule has 14 heteroatoms. The molecule has 3 rings (SSSR count). The molecule has 0 amide bonds. The number of nitrogens with zero attached hydrogens (tertiary/aromatic N) is 3. The van der Waals surface area contributed by atoms with Crippen LogP contribution in [0.1, 0.15) is 114 Å². The van der Waals surface area contributed by atoms with Gasteiger partial charge in [0, 0.05) is 36.4 Å². The lowest BCUT2D eigenvalue weighted by Crippen LogP contribution is -2.13. The molecule has 3 aromatic rings. The van der Waals surface area contributed by atoms with Crippen LogP contribution in [0.5, 0.6) is 0 Å². The summed E-state index contributed by atoms with van der Waals surface area (Å²) in [6.07, 6.45) is 3.25. The number of non-ortho nitro benzene ring substituents is 3. The van der Waals surface area contributed by atoms with E-state index in [0.717, 1.165) is 19.3 Å². The van der Waals surface area contributed by atoms with Crippen molar-refractivity contribution in [2.75, 3.05) is 0 Å². The molecule has 0 saturated heterocycles. The highest BCUT2D eigenvalue weighted by atomic mass is 31.2. The van der Waals surface area contributed by atoms with Crippen LogP contribution in [0.3, 0.4) is 0 Å².